The minimum Gasteiger partial charge on any atom is -0.459 e. The summed E-state index contributed by atoms with van der Waals surface area (Å²) in [4.78, 5) is 16.7. The molecule has 0 aliphatic heterocycles. The minimum absolute atomic E-state index is 0.0219. The molecule has 0 aliphatic rings. The van der Waals surface area contributed by atoms with E-state index in [4.69, 9.17) is 8.83 Å². The van der Waals surface area contributed by atoms with Gasteiger partial charge in [-0.2, -0.15) is 0 Å². The molecular formula is C19H13N3O3. The maximum atomic E-state index is 12.5. The van der Waals surface area contributed by atoms with Gasteiger partial charge in [0, 0.05) is 23.0 Å². The second-order valence-corrected chi connectivity index (χ2v) is 5.39. The van der Waals surface area contributed by atoms with Gasteiger partial charge in [0.05, 0.1) is 12.7 Å². The highest BCUT2D eigenvalue weighted by atomic mass is 16.4. The van der Waals surface area contributed by atoms with E-state index in [0.717, 1.165) is 5.69 Å². The minimum atomic E-state index is -0.0219. The number of rotatable bonds is 5. The van der Waals surface area contributed by atoms with Crippen LogP contribution in [0.15, 0.2) is 75.9 Å². The Labute approximate surface area is 143 Å². The fourth-order valence-corrected chi connectivity index (χ4v) is 2.43. The van der Waals surface area contributed by atoms with Gasteiger partial charge in [-0.1, -0.05) is 18.2 Å². The molecule has 0 spiro atoms. The lowest BCUT2D eigenvalue weighted by Gasteiger charge is -2.02. The van der Waals surface area contributed by atoms with Gasteiger partial charge >= 0.3 is 0 Å². The van der Waals surface area contributed by atoms with Gasteiger partial charge in [-0.25, -0.2) is 0 Å². The van der Waals surface area contributed by atoms with Crippen LogP contribution in [0.2, 0.25) is 0 Å². The molecule has 3 aromatic heterocycles. The van der Waals surface area contributed by atoms with Crippen molar-refractivity contribution < 1.29 is 13.6 Å². The first-order chi connectivity index (χ1) is 12.3. The normalized spacial score (nSPS) is 10.7. The first-order valence-corrected chi connectivity index (χ1v) is 7.70. The summed E-state index contributed by atoms with van der Waals surface area (Å²) in [5, 5.41) is 8.00. The summed E-state index contributed by atoms with van der Waals surface area (Å²) in [6.07, 6.45) is 3.45. The van der Waals surface area contributed by atoms with Crippen LogP contribution in [0.5, 0.6) is 0 Å². The molecule has 4 aromatic rings. The Morgan fingerprint density at radius 2 is 1.88 bits per heavy atom. The number of ketones is 1. The molecule has 0 fully saturated rings. The van der Waals surface area contributed by atoms with Crippen molar-refractivity contribution in [2.24, 2.45) is 0 Å². The molecular weight excluding hydrogens is 318 g/mol. The van der Waals surface area contributed by atoms with E-state index in [1.807, 2.05) is 24.3 Å². The topological polar surface area (TPSA) is 82.0 Å². The molecule has 0 amide bonds. The summed E-state index contributed by atoms with van der Waals surface area (Å²) in [6, 6.07) is 16.1. The van der Waals surface area contributed by atoms with E-state index >= 15 is 0 Å². The van der Waals surface area contributed by atoms with Crippen molar-refractivity contribution >= 4 is 5.78 Å². The predicted molar refractivity (Wildman–Crippen MR) is 89.7 cm³/mol. The average Bonchev–Trinajstić information content (AvgIpc) is 3.34. The molecule has 122 valence electrons. The highest BCUT2D eigenvalue weighted by molar-refractivity contribution is 5.98. The van der Waals surface area contributed by atoms with Crippen LogP contribution in [0.25, 0.3) is 23.1 Å². The van der Waals surface area contributed by atoms with Crippen molar-refractivity contribution in [2.45, 2.75) is 6.42 Å². The van der Waals surface area contributed by atoms with Gasteiger partial charge in [-0.3, -0.25) is 9.78 Å². The Hall–Kier alpha value is -3.54. The maximum Gasteiger partial charge on any atom is 0.283 e. The van der Waals surface area contributed by atoms with Crippen LogP contribution in [-0.2, 0) is 6.42 Å². The third kappa shape index (κ3) is 3.23. The Bertz CT molecular complexity index is 992. The number of furan rings is 1. The Morgan fingerprint density at radius 3 is 2.68 bits per heavy atom. The van der Waals surface area contributed by atoms with Crippen molar-refractivity contribution in [1.82, 2.24) is 15.2 Å². The smallest absolute Gasteiger partial charge is 0.283 e. The molecule has 6 nitrogen and oxygen atoms in total. The number of Topliss-reactive ketones (excluding diaryl/α,β-unsaturated/α-hetero) is 1. The molecule has 0 saturated heterocycles. The van der Waals surface area contributed by atoms with Gasteiger partial charge in [0.1, 0.15) is 0 Å². The number of hydrogen-bond acceptors (Lipinski definition) is 6. The monoisotopic (exact) mass is 331 g/mol. The van der Waals surface area contributed by atoms with E-state index in [-0.39, 0.29) is 12.2 Å². The van der Waals surface area contributed by atoms with Crippen LogP contribution >= 0.6 is 0 Å². The van der Waals surface area contributed by atoms with Gasteiger partial charge in [-0.15, -0.1) is 10.2 Å². The van der Waals surface area contributed by atoms with E-state index < -0.39 is 0 Å². The third-order valence-electron chi connectivity index (χ3n) is 3.66. The second-order valence-electron chi connectivity index (χ2n) is 5.39. The molecule has 3 heterocycles. The Kier molecular flexibility index (Phi) is 3.92. The fourth-order valence-electron chi connectivity index (χ4n) is 2.43. The Morgan fingerprint density at radius 1 is 0.960 bits per heavy atom. The molecule has 4 rings (SSSR count). The predicted octanol–water partition coefficient (Wildman–Crippen LogP) is 3.82. The van der Waals surface area contributed by atoms with E-state index in [9.17, 15) is 4.79 Å². The number of nitrogens with zero attached hydrogens (tertiary/aromatic N) is 3. The lowest BCUT2D eigenvalue weighted by molar-refractivity contribution is 0.0992. The molecule has 0 atom stereocenters. The molecule has 0 unspecified atom stereocenters. The molecule has 0 aliphatic carbocycles. The first-order valence-electron chi connectivity index (χ1n) is 7.70. The molecule has 1 aromatic carbocycles. The van der Waals surface area contributed by atoms with Crippen LogP contribution in [0, 0.1) is 0 Å². The number of carbonyl (C=O) groups excluding carboxylic acids is 1. The van der Waals surface area contributed by atoms with Crippen molar-refractivity contribution in [1.29, 1.82) is 0 Å². The van der Waals surface area contributed by atoms with Crippen LogP contribution in [0.3, 0.4) is 0 Å². The SMILES string of the molecule is O=C(Cc1ccccn1)c1cccc(-c2nnc(-c3ccco3)o2)c1. The van der Waals surface area contributed by atoms with Gasteiger partial charge in [0.15, 0.2) is 11.5 Å². The summed E-state index contributed by atoms with van der Waals surface area (Å²) < 4.78 is 10.9. The average molecular weight is 331 g/mol. The van der Waals surface area contributed by atoms with Gasteiger partial charge in [0.25, 0.3) is 5.89 Å². The molecule has 0 radical (unpaired) electrons. The largest absolute Gasteiger partial charge is 0.459 e. The van der Waals surface area contributed by atoms with Crippen molar-refractivity contribution in [3.8, 4) is 23.1 Å². The zero-order valence-electron chi connectivity index (χ0n) is 13.1. The van der Waals surface area contributed by atoms with Crippen LogP contribution in [0.1, 0.15) is 16.1 Å². The summed E-state index contributed by atoms with van der Waals surface area (Å²) in [5.41, 5.74) is 1.98. The lowest BCUT2D eigenvalue weighted by Crippen LogP contribution is -2.04. The van der Waals surface area contributed by atoms with Gasteiger partial charge in [0.2, 0.25) is 5.89 Å². The van der Waals surface area contributed by atoms with Crippen molar-refractivity contribution in [3.05, 3.63) is 78.3 Å². The van der Waals surface area contributed by atoms with Gasteiger partial charge in [-0.05, 0) is 36.4 Å². The zero-order chi connectivity index (χ0) is 17.1. The standard InChI is InChI=1S/C19H13N3O3/c23-16(12-15-7-1-2-9-20-15)13-5-3-6-14(11-13)18-21-22-19(25-18)17-8-4-10-24-17/h1-11H,12H2. The molecule has 0 N–H and O–H groups in total. The number of benzene rings is 1. The van der Waals surface area contributed by atoms with Crippen LogP contribution in [0.4, 0.5) is 0 Å². The van der Waals surface area contributed by atoms with Gasteiger partial charge < -0.3 is 8.83 Å². The van der Waals surface area contributed by atoms with Crippen molar-refractivity contribution in [2.75, 3.05) is 0 Å². The molecule has 0 saturated carbocycles. The first kappa shape index (κ1) is 15.0. The van der Waals surface area contributed by atoms with E-state index in [0.29, 0.717) is 28.7 Å². The summed E-state index contributed by atoms with van der Waals surface area (Å²) in [6.45, 7) is 0. The number of aromatic nitrogens is 3. The zero-order valence-corrected chi connectivity index (χ0v) is 13.1. The summed E-state index contributed by atoms with van der Waals surface area (Å²) >= 11 is 0. The number of pyridine rings is 1. The quantitative estimate of drug-likeness (QED) is 0.517. The van der Waals surface area contributed by atoms with E-state index in [1.54, 1.807) is 36.5 Å². The van der Waals surface area contributed by atoms with Crippen LogP contribution < -0.4 is 0 Å². The van der Waals surface area contributed by atoms with Crippen LogP contribution in [-0.4, -0.2) is 21.0 Å². The number of carbonyl (C=O) groups is 1. The summed E-state index contributed by atoms with van der Waals surface area (Å²) in [7, 11) is 0. The van der Waals surface area contributed by atoms with Crippen molar-refractivity contribution in [3.63, 3.8) is 0 Å². The highest BCUT2D eigenvalue weighted by Crippen LogP contribution is 2.25. The fraction of sp³-hybridized carbons (Fsp3) is 0.0526. The molecule has 25 heavy (non-hydrogen) atoms. The molecule has 0 bridgehead atoms. The maximum absolute atomic E-state index is 12.5. The second kappa shape index (κ2) is 6.52. The Balaban J connectivity index is 1.58. The molecule has 6 heteroatoms. The number of hydrogen-bond donors (Lipinski definition) is 0. The highest BCUT2D eigenvalue weighted by Gasteiger charge is 2.14. The summed E-state index contributed by atoms with van der Waals surface area (Å²) in [5.74, 6) is 1.11. The third-order valence-corrected chi connectivity index (χ3v) is 3.66. The van der Waals surface area contributed by atoms with E-state index in [1.165, 1.54) is 6.26 Å². The lowest BCUT2D eigenvalue weighted by atomic mass is 10.0. The van der Waals surface area contributed by atoms with E-state index in [2.05, 4.69) is 15.2 Å².